The molecule has 0 amide bonds. The Morgan fingerprint density at radius 2 is 2.16 bits per heavy atom. The van der Waals surface area contributed by atoms with Gasteiger partial charge >= 0.3 is 0 Å². The molecule has 0 bridgehead atoms. The number of halogens is 2. The first kappa shape index (κ1) is 14.1. The average molecular weight is 299 g/mol. The standard InChI is InChI=1S/C14H12Cl2O3/c1-2-19-9-6-11(13(17)7-9)14(18)10-4-3-8(15)5-12(10)16/h3-5,7,11H,2,6H2,1H3. The van der Waals surface area contributed by atoms with Gasteiger partial charge in [-0.3, -0.25) is 9.59 Å². The van der Waals surface area contributed by atoms with Crippen LogP contribution in [0.15, 0.2) is 30.0 Å². The highest BCUT2D eigenvalue weighted by molar-refractivity contribution is 6.37. The maximum atomic E-state index is 12.3. The molecule has 0 aliphatic heterocycles. The zero-order valence-corrected chi connectivity index (χ0v) is 11.8. The van der Waals surface area contributed by atoms with Crippen molar-refractivity contribution in [1.82, 2.24) is 0 Å². The van der Waals surface area contributed by atoms with Crippen molar-refractivity contribution in [2.24, 2.45) is 5.92 Å². The van der Waals surface area contributed by atoms with Gasteiger partial charge in [0, 0.05) is 23.1 Å². The van der Waals surface area contributed by atoms with Crippen LogP contribution in [0.3, 0.4) is 0 Å². The second-order valence-electron chi connectivity index (χ2n) is 4.19. The van der Waals surface area contributed by atoms with Crippen LogP contribution in [0.4, 0.5) is 0 Å². The molecule has 1 unspecified atom stereocenters. The molecule has 0 saturated carbocycles. The molecule has 1 aromatic rings. The Kier molecular flexibility index (Phi) is 4.27. The molecule has 0 aromatic heterocycles. The van der Waals surface area contributed by atoms with Gasteiger partial charge < -0.3 is 4.74 Å². The van der Waals surface area contributed by atoms with Gasteiger partial charge in [0.25, 0.3) is 0 Å². The maximum Gasteiger partial charge on any atom is 0.175 e. The monoisotopic (exact) mass is 298 g/mol. The summed E-state index contributed by atoms with van der Waals surface area (Å²) in [5.74, 6) is -0.715. The number of Topliss-reactive ketones (excluding diaryl/α,β-unsaturated/α-hetero) is 1. The van der Waals surface area contributed by atoms with E-state index in [0.717, 1.165) is 0 Å². The van der Waals surface area contributed by atoms with Crippen molar-refractivity contribution in [3.8, 4) is 0 Å². The van der Waals surface area contributed by atoms with Gasteiger partial charge in [-0.25, -0.2) is 0 Å². The van der Waals surface area contributed by atoms with E-state index in [9.17, 15) is 9.59 Å². The number of carbonyl (C=O) groups is 2. The van der Waals surface area contributed by atoms with Gasteiger partial charge in [0.05, 0.1) is 17.5 Å². The molecule has 0 heterocycles. The first-order chi connectivity index (χ1) is 9.02. The molecule has 0 spiro atoms. The smallest absolute Gasteiger partial charge is 0.175 e. The number of ketones is 2. The van der Waals surface area contributed by atoms with Crippen molar-refractivity contribution in [3.05, 3.63) is 45.6 Å². The van der Waals surface area contributed by atoms with E-state index in [2.05, 4.69) is 0 Å². The molecule has 0 fully saturated rings. The van der Waals surface area contributed by atoms with Crippen LogP contribution in [-0.2, 0) is 9.53 Å². The fourth-order valence-corrected chi connectivity index (χ4v) is 2.51. The van der Waals surface area contributed by atoms with Crippen LogP contribution in [0.1, 0.15) is 23.7 Å². The Hall–Kier alpha value is -1.32. The summed E-state index contributed by atoms with van der Waals surface area (Å²) in [6.45, 7) is 2.30. The summed E-state index contributed by atoms with van der Waals surface area (Å²) in [6, 6.07) is 4.61. The van der Waals surface area contributed by atoms with Gasteiger partial charge in [-0.2, -0.15) is 0 Å². The van der Waals surface area contributed by atoms with Gasteiger partial charge in [-0.1, -0.05) is 23.2 Å². The van der Waals surface area contributed by atoms with Crippen LogP contribution in [0.5, 0.6) is 0 Å². The number of hydrogen-bond donors (Lipinski definition) is 0. The lowest BCUT2D eigenvalue weighted by Crippen LogP contribution is -2.19. The SMILES string of the molecule is CCOC1=CC(=O)C(C(=O)c2ccc(Cl)cc2Cl)C1. The molecule has 5 heteroatoms. The van der Waals surface area contributed by atoms with Gasteiger partial charge in [0.15, 0.2) is 11.6 Å². The van der Waals surface area contributed by atoms with Crippen molar-refractivity contribution in [1.29, 1.82) is 0 Å². The molecule has 1 aliphatic carbocycles. The third-order valence-electron chi connectivity index (χ3n) is 2.89. The maximum absolute atomic E-state index is 12.3. The molecule has 2 rings (SSSR count). The Bertz CT molecular complexity index is 564. The van der Waals surface area contributed by atoms with Crippen LogP contribution in [0.2, 0.25) is 10.0 Å². The lowest BCUT2D eigenvalue weighted by molar-refractivity contribution is -0.116. The molecule has 100 valence electrons. The van der Waals surface area contributed by atoms with Crippen molar-refractivity contribution < 1.29 is 14.3 Å². The first-order valence-electron chi connectivity index (χ1n) is 5.89. The molecule has 1 atom stereocenters. The second-order valence-corrected chi connectivity index (χ2v) is 5.03. The molecule has 0 radical (unpaired) electrons. The number of ether oxygens (including phenoxy) is 1. The fraction of sp³-hybridized carbons (Fsp3) is 0.286. The molecule has 1 aliphatic rings. The zero-order valence-electron chi connectivity index (χ0n) is 10.3. The molecule has 0 saturated heterocycles. The summed E-state index contributed by atoms with van der Waals surface area (Å²) in [5.41, 5.74) is 0.315. The van der Waals surface area contributed by atoms with Crippen molar-refractivity contribution in [3.63, 3.8) is 0 Å². The minimum Gasteiger partial charge on any atom is -0.498 e. The lowest BCUT2D eigenvalue weighted by Gasteiger charge is -2.10. The number of hydrogen-bond acceptors (Lipinski definition) is 3. The minimum atomic E-state index is -0.736. The van der Waals surface area contributed by atoms with Gasteiger partial charge in [-0.15, -0.1) is 0 Å². The summed E-state index contributed by atoms with van der Waals surface area (Å²) in [5, 5.41) is 0.711. The third-order valence-corrected chi connectivity index (χ3v) is 3.44. The highest BCUT2D eigenvalue weighted by atomic mass is 35.5. The van der Waals surface area contributed by atoms with Crippen LogP contribution in [-0.4, -0.2) is 18.2 Å². The predicted molar refractivity (Wildman–Crippen MR) is 73.6 cm³/mol. The third kappa shape index (κ3) is 2.99. The molecule has 19 heavy (non-hydrogen) atoms. The van der Waals surface area contributed by atoms with E-state index in [0.29, 0.717) is 29.4 Å². The number of allylic oxidation sites excluding steroid dienone is 2. The highest BCUT2D eigenvalue weighted by Gasteiger charge is 2.34. The second kappa shape index (κ2) is 5.76. The summed E-state index contributed by atoms with van der Waals surface area (Å²) >= 11 is 11.8. The lowest BCUT2D eigenvalue weighted by atomic mass is 9.94. The molecular weight excluding hydrogens is 287 g/mol. The van der Waals surface area contributed by atoms with E-state index in [1.165, 1.54) is 12.1 Å². The van der Waals surface area contributed by atoms with Crippen molar-refractivity contribution >= 4 is 34.8 Å². The topological polar surface area (TPSA) is 43.4 Å². The van der Waals surface area contributed by atoms with Gasteiger partial charge in [-0.05, 0) is 25.1 Å². The van der Waals surface area contributed by atoms with Gasteiger partial charge in [0.2, 0.25) is 0 Å². The number of rotatable bonds is 4. The summed E-state index contributed by atoms with van der Waals surface area (Å²) < 4.78 is 5.27. The summed E-state index contributed by atoms with van der Waals surface area (Å²) in [4.78, 5) is 24.1. The molecule has 1 aromatic carbocycles. The minimum absolute atomic E-state index is 0.237. The first-order valence-corrected chi connectivity index (χ1v) is 6.65. The Morgan fingerprint density at radius 3 is 2.79 bits per heavy atom. The van der Waals surface area contributed by atoms with Crippen LogP contribution < -0.4 is 0 Å². The largest absolute Gasteiger partial charge is 0.498 e. The van der Waals surface area contributed by atoms with Crippen LogP contribution in [0.25, 0.3) is 0 Å². The highest BCUT2D eigenvalue weighted by Crippen LogP contribution is 2.29. The summed E-state index contributed by atoms with van der Waals surface area (Å²) in [6.07, 6.45) is 1.68. The quantitative estimate of drug-likeness (QED) is 0.629. The average Bonchev–Trinajstić information content (AvgIpc) is 2.70. The fourth-order valence-electron chi connectivity index (χ4n) is 2.00. The summed E-state index contributed by atoms with van der Waals surface area (Å²) in [7, 11) is 0. The Labute approximate surface area is 121 Å². The number of carbonyl (C=O) groups excluding carboxylic acids is 2. The van der Waals surface area contributed by atoms with E-state index in [4.69, 9.17) is 27.9 Å². The predicted octanol–water partition coefficient (Wildman–Crippen LogP) is 3.69. The Morgan fingerprint density at radius 1 is 1.42 bits per heavy atom. The molecular formula is C14H12Cl2O3. The van der Waals surface area contributed by atoms with E-state index in [1.807, 2.05) is 6.92 Å². The van der Waals surface area contributed by atoms with E-state index >= 15 is 0 Å². The molecule has 0 N–H and O–H groups in total. The normalized spacial score (nSPS) is 18.4. The molecule has 3 nitrogen and oxygen atoms in total. The Balaban J connectivity index is 2.20. The van der Waals surface area contributed by atoms with Crippen molar-refractivity contribution in [2.75, 3.05) is 6.61 Å². The van der Waals surface area contributed by atoms with E-state index in [-0.39, 0.29) is 16.6 Å². The van der Waals surface area contributed by atoms with Crippen LogP contribution in [0, 0.1) is 5.92 Å². The number of benzene rings is 1. The zero-order chi connectivity index (χ0) is 14.0. The van der Waals surface area contributed by atoms with E-state index < -0.39 is 5.92 Å². The van der Waals surface area contributed by atoms with Gasteiger partial charge in [0.1, 0.15) is 5.76 Å². The van der Waals surface area contributed by atoms with E-state index in [1.54, 1.807) is 12.1 Å². The van der Waals surface area contributed by atoms with Crippen LogP contribution >= 0.6 is 23.2 Å². The van der Waals surface area contributed by atoms with Crippen molar-refractivity contribution in [2.45, 2.75) is 13.3 Å².